The summed E-state index contributed by atoms with van der Waals surface area (Å²) in [6, 6.07) is 10.0. The van der Waals surface area contributed by atoms with Crippen LogP contribution in [0.5, 0.6) is 0 Å². The van der Waals surface area contributed by atoms with Crippen LogP contribution in [0.3, 0.4) is 0 Å². The molecule has 1 unspecified atom stereocenters. The van der Waals surface area contributed by atoms with Gasteiger partial charge in [0.25, 0.3) is 0 Å². The number of halogens is 3. The molecule has 190 valence electrons. The number of fused-ring (bicyclic) bond motifs is 1. The van der Waals surface area contributed by atoms with Gasteiger partial charge in [-0.3, -0.25) is 14.3 Å². The average Bonchev–Trinajstić information content (AvgIpc) is 3.52. The Morgan fingerprint density at radius 3 is 2.65 bits per heavy atom. The molecule has 1 aromatic carbocycles. The number of rotatable bonds is 9. The first kappa shape index (κ1) is 25.6. The molecule has 0 saturated heterocycles. The lowest BCUT2D eigenvalue weighted by Crippen LogP contribution is -2.31. The summed E-state index contributed by atoms with van der Waals surface area (Å²) in [6.45, 7) is 1.58. The molecule has 12 heteroatoms. The van der Waals surface area contributed by atoms with Crippen LogP contribution in [-0.4, -0.2) is 48.8 Å². The summed E-state index contributed by atoms with van der Waals surface area (Å²) >= 11 is 0. The van der Waals surface area contributed by atoms with Crippen molar-refractivity contribution in [1.29, 1.82) is 5.26 Å². The minimum Gasteiger partial charge on any atom is -0.341 e. The number of imidazole rings is 1. The second-order valence-electron chi connectivity index (χ2n) is 8.45. The lowest BCUT2D eigenvalue weighted by Gasteiger charge is -2.10. The van der Waals surface area contributed by atoms with E-state index in [1.54, 1.807) is 54.4 Å². The quantitative estimate of drug-likeness (QED) is 0.342. The Hall–Kier alpha value is -4.53. The number of amides is 1. The highest BCUT2D eigenvalue weighted by Crippen LogP contribution is 2.26. The molecule has 0 spiro atoms. The first-order valence-electron chi connectivity index (χ1n) is 11.4. The molecule has 4 rings (SSSR count). The van der Waals surface area contributed by atoms with Gasteiger partial charge in [0.1, 0.15) is 18.4 Å². The lowest BCUT2D eigenvalue weighted by molar-refractivity contribution is -0.143. The van der Waals surface area contributed by atoms with Gasteiger partial charge in [0, 0.05) is 35.7 Å². The Morgan fingerprint density at radius 1 is 1.11 bits per heavy atom. The van der Waals surface area contributed by atoms with Crippen molar-refractivity contribution in [2.24, 2.45) is 0 Å². The second-order valence-corrected chi connectivity index (χ2v) is 8.45. The van der Waals surface area contributed by atoms with Gasteiger partial charge in [0.05, 0.1) is 36.8 Å². The van der Waals surface area contributed by atoms with Crippen LogP contribution in [0.15, 0.2) is 55.1 Å². The van der Waals surface area contributed by atoms with Gasteiger partial charge >= 0.3 is 6.18 Å². The maximum atomic E-state index is 12.4. The number of hydrogen-bond acceptors (Lipinski definition) is 6. The van der Waals surface area contributed by atoms with Crippen LogP contribution >= 0.6 is 0 Å². The number of nitrogens with zero attached hydrogens (tertiary/aromatic N) is 6. The van der Waals surface area contributed by atoms with Crippen molar-refractivity contribution in [1.82, 2.24) is 29.7 Å². The topological polar surface area (TPSA) is 118 Å². The molecule has 1 amide bonds. The third-order valence-corrected chi connectivity index (χ3v) is 5.73. The molecule has 1 atom stereocenters. The van der Waals surface area contributed by atoms with E-state index in [0.717, 1.165) is 16.7 Å². The highest BCUT2D eigenvalue weighted by molar-refractivity contribution is 5.81. The molecule has 0 aliphatic rings. The van der Waals surface area contributed by atoms with Crippen molar-refractivity contribution < 1.29 is 22.8 Å². The standard InChI is InChI=1S/C25H22F3N7O2/c1-16(24(37)30-8-7-29)34-15-20(13-32-34)19-11-23-31-14-22(35(23)33-12-19)18-4-2-3-17(9-18)10-21(36)5-6-25(26,27)28/h2-4,9,11-16H,5-6,8,10H2,1H3,(H,30,37). The molecule has 1 N–H and O–H groups in total. The Morgan fingerprint density at radius 2 is 1.89 bits per heavy atom. The van der Waals surface area contributed by atoms with E-state index in [4.69, 9.17) is 5.26 Å². The van der Waals surface area contributed by atoms with Crippen LogP contribution in [0, 0.1) is 11.3 Å². The second kappa shape index (κ2) is 10.6. The van der Waals surface area contributed by atoms with Gasteiger partial charge in [0.2, 0.25) is 5.91 Å². The molecule has 0 aliphatic carbocycles. The number of nitrogens with one attached hydrogen (secondary N) is 1. The van der Waals surface area contributed by atoms with Crippen molar-refractivity contribution in [3.05, 3.63) is 60.7 Å². The summed E-state index contributed by atoms with van der Waals surface area (Å²) in [4.78, 5) is 28.5. The van der Waals surface area contributed by atoms with E-state index in [-0.39, 0.29) is 18.9 Å². The molecule has 4 aromatic rings. The predicted octanol–water partition coefficient (Wildman–Crippen LogP) is 3.91. The molecular formula is C25H22F3N7O2. The minimum absolute atomic E-state index is 0.0859. The SMILES string of the molecule is CC(C(=O)NCC#N)n1cc(-c2cnn3c(-c4cccc(CC(=O)CCC(F)(F)F)c4)cnc3c2)cn1. The van der Waals surface area contributed by atoms with Crippen LogP contribution in [0.25, 0.3) is 28.0 Å². The minimum atomic E-state index is -4.36. The molecule has 3 heterocycles. The zero-order valence-electron chi connectivity index (χ0n) is 19.7. The number of alkyl halides is 3. The number of nitriles is 1. The first-order valence-corrected chi connectivity index (χ1v) is 11.4. The Labute approximate surface area is 209 Å². The van der Waals surface area contributed by atoms with E-state index in [1.165, 1.54) is 4.68 Å². The van der Waals surface area contributed by atoms with Gasteiger partial charge in [-0.2, -0.15) is 28.6 Å². The maximum Gasteiger partial charge on any atom is 0.389 e. The van der Waals surface area contributed by atoms with E-state index in [1.807, 2.05) is 18.2 Å². The molecule has 3 aromatic heterocycles. The maximum absolute atomic E-state index is 12.4. The fraction of sp³-hybridized carbons (Fsp3) is 0.280. The normalized spacial score (nSPS) is 12.3. The Kier molecular flexibility index (Phi) is 7.33. The van der Waals surface area contributed by atoms with Gasteiger partial charge in [-0.1, -0.05) is 18.2 Å². The summed E-state index contributed by atoms with van der Waals surface area (Å²) in [5.74, 6) is -0.806. The number of Topliss-reactive ketones (excluding diaryl/α,β-unsaturated/α-hetero) is 1. The summed E-state index contributed by atoms with van der Waals surface area (Å²) in [7, 11) is 0. The monoisotopic (exact) mass is 509 g/mol. The van der Waals surface area contributed by atoms with Crippen LogP contribution in [0.1, 0.15) is 31.4 Å². The summed E-state index contributed by atoms with van der Waals surface area (Å²) in [5.41, 5.74) is 3.98. The highest BCUT2D eigenvalue weighted by atomic mass is 19.4. The third kappa shape index (κ3) is 6.19. The molecule has 9 nitrogen and oxygen atoms in total. The molecule has 0 aliphatic heterocycles. The van der Waals surface area contributed by atoms with Gasteiger partial charge < -0.3 is 5.32 Å². The van der Waals surface area contributed by atoms with Crippen molar-refractivity contribution in [3.8, 4) is 28.5 Å². The Bertz CT molecular complexity index is 1480. The zero-order chi connectivity index (χ0) is 26.6. The van der Waals surface area contributed by atoms with Crippen LogP contribution in [0.2, 0.25) is 0 Å². The van der Waals surface area contributed by atoms with E-state index in [0.29, 0.717) is 16.9 Å². The fourth-order valence-corrected chi connectivity index (χ4v) is 3.76. The van der Waals surface area contributed by atoms with Gasteiger partial charge in [0.15, 0.2) is 5.65 Å². The number of carbonyl (C=O) groups is 2. The van der Waals surface area contributed by atoms with Crippen LogP contribution < -0.4 is 5.32 Å². The third-order valence-electron chi connectivity index (χ3n) is 5.73. The molecular weight excluding hydrogens is 487 g/mol. The molecule has 0 radical (unpaired) electrons. The largest absolute Gasteiger partial charge is 0.389 e. The highest BCUT2D eigenvalue weighted by Gasteiger charge is 2.27. The van der Waals surface area contributed by atoms with Gasteiger partial charge in [-0.15, -0.1) is 0 Å². The van der Waals surface area contributed by atoms with Crippen molar-refractivity contribution in [2.75, 3.05) is 6.54 Å². The van der Waals surface area contributed by atoms with Gasteiger partial charge in [-0.05, 0) is 24.6 Å². The lowest BCUT2D eigenvalue weighted by atomic mass is 10.0. The smallest absolute Gasteiger partial charge is 0.341 e. The number of benzene rings is 1. The molecule has 0 fully saturated rings. The van der Waals surface area contributed by atoms with E-state index in [2.05, 4.69) is 20.5 Å². The number of hydrogen-bond donors (Lipinski definition) is 1. The molecule has 0 bridgehead atoms. The van der Waals surface area contributed by atoms with Crippen LogP contribution in [0.4, 0.5) is 13.2 Å². The van der Waals surface area contributed by atoms with Crippen molar-refractivity contribution in [3.63, 3.8) is 0 Å². The molecule has 0 saturated carbocycles. The summed E-state index contributed by atoms with van der Waals surface area (Å²) in [5, 5.41) is 19.8. The first-order chi connectivity index (χ1) is 17.6. The average molecular weight is 509 g/mol. The zero-order valence-corrected chi connectivity index (χ0v) is 19.7. The van der Waals surface area contributed by atoms with Crippen LogP contribution in [-0.2, 0) is 16.0 Å². The Balaban J connectivity index is 1.52. The van der Waals surface area contributed by atoms with Crippen molar-refractivity contribution in [2.45, 2.75) is 38.4 Å². The number of aromatic nitrogens is 5. The van der Waals surface area contributed by atoms with E-state index >= 15 is 0 Å². The molecule has 37 heavy (non-hydrogen) atoms. The number of carbonyl (C=O) groups excluding carboxylic acids is 2. The summed E-state index contributed by atoms with van der Waals surface area (Å²) in [6.07, 6.45) is 0.437. The predicted molar refractivity (Wildman–Crippen MR) is 127 cm³/mol. The van der Waals surface area contributed by atoms with Gasteiger partial charge in [-0.25, -0.2) is 9.50 Å². The number of ketones is 1. The fourth-order valence-electron chi connectivity index (χ4n) is 3.76. The van der Waals surface area contributed by atoms with E-state index in [9.17, 15) is 22.8 Å². The van der Waals surface area contributed by atoms with E-state index < -0.39 is 30.8 Å². The van der Waals surface area contributed by atoms with Crippen molar-refractivity contribution >= 4 is 17.3 Å². The summed E-state index contributed by atoms with van der Waals surface area (Å²) < 4.78 is 40.3.